The van der Waals surface area contributed by atoms with Crippen LogP contribution in [-0.4, -0.2) is 28.0 Å². The number of fused-ring (bicyclic) bond motifs is 2. The van der Waals surface area contributed by atoms with Crippen LogP contribution in [0.5, 0.6) is 0 Å². The first kappa shape index (κ1) is 17.7. The van der Waals surface area contributed by atoms with E-state index in [4.69, 9.17) is 0 Å². The molecule has 3 aromatic rings. The monoisotopic (exact) mass is 359 g/mol. The molecule has 1 unspecified atom stereocenters. The van der Waals surface area contributed by atoms with Crippen molar-refractivity contribution < 1.29 is 4.79 Å². The molecule has 1 aliphatic heterocycles. The fraction of sp³-hybridized carbons (Fsp3) is 0.348. The third-order valence-corrected chi connectivity index (χ3v) is 5.37. The van der Waals surface area contributed by atoms with Crippen LogP contribution in [0.3, 0.4) is 0 Å². The molecule has 27 heavy (non-hydrogen) atoms. The topological polar surface area (TPSA) is 58.1 Å². The lowest BCUT2D eigenvalue weighted by atomic mass is 9.90. The average Bonchev–Trinajstić information content (AvgIpc) is 3.06. The Morgan fingerprint density at radius 1 is 1.30 bits per heavy atom. The number of aliphatic imine (C=N–C) groups is 1. The second-order valence-electron chi connectivity index (χ2n) is 7.43. The number of carbonyl (C=O) groups is 1. The SMILES string of the molecule is CCC1Cc2cccc(C(=O)CCCc3cnc4[nH]c(C)cc4c3)c2C=N1. The summed E-state index contributed by atoms with van der Waals surface area (Å²) in [6, 6.07) is 10.7. The number of Topliss-reactive ketones (excluding diaryl/α,β-unsaturated/α-hetero) is 1. The molecular formula is C23H25N3O. The van der Waals surface area contributed by atoms with Crippen molar-refractivity contribution in [1.29, 1.82) is 0 Å². The third kappa shape index (κ3) is 3.70. The summed E-state index contributed by atoms with van der Waals surface area (Å²) in [7, 11) is 0. The number of ketones is 1. The molecule has 1 atom stereocenters. The summed E-state index contributed by atoms with van der Waals surface area (Å²) >= 11 is 0. The van der Waals surface area contributed by atoms with Gasteiger partial charge in [0.1, 0.15) is 5.65 Å². The van der Waals surface area contributed by atoms with Gasteiger partial charge < -0.3 is 4.98 Å². The maximum atomic E-state index is 12.8. The Morgan fingerprint density at radius 2 is 2.19 bits per heavy atom. The highest BCUT2D eigenvalue weighted by atomic mass is 16.1. The molecule has 0 spiro atoms. The number of aryl methyl sites for hydroxylation is 2. The lowest BCUT2D eigenvalue weighted by molar-refractivity contribution is 0.0980. The van der Waals surface area contributed by atoms with Crippen LogP contribution in [0.15, 0.2) is 41.5 Å². The molecule has 2 aromatic heterocycles. The molecule has 0 aliphatic carbocycles. The quantitative estimate of drug-likeness (QED) is 0.641. The van der Waals surface area contributed by atoms with E-state index in [0.717, 1.165) is 53.5 Å². The van der Waals surface area contributed by atoms with Gasteiger partial charge in [0.2, 0.25) is 0 Å². The normalized spacial score (nSPS) is 15.9. The van der Waals surface area contributed by atoms with Crippen molar-refractivity contribution in [2.24, 2.45) is 4.99 Å². The van der Waals surface area contributed by atoms with Gasteiger partial charge in [0, 0.05) is 41.0 Å². The maximum Gasteiger partial charge on any atom is 0.163 e. The van der Waals surface area contributed by atoms with Crippen LogP contribution < -0.4 is 0 Å². The number of carbonyl (C=O) groups excluding carboxylic acids is 1. The van der Waals surface area contributed by atoms with Gasteiger partial charge in [-0.15, -0.1) is 0 Å². The smallest absolute Gasteiger partial charge is 0.163 e. The third-order valence-electron chi connectivity index (χ3n) is 5.37. The van der Waals surface area contributed by atoms with Gasteiger partial charge in [0.15, 0.2) is 5.78 Å². The van der Waals surface area contributed by atoms with Crippen LogP contribution in [-0.2, 0) is 12.8 Å². The lowest BCUT2D eigenvalue weighted by Gasteiger charge is -2.19. The molecule has 0 fully saturated rings. The highest BCUT2D eigenvalue weighted by molar-refractivity contribution is 6.04. The number of H-pyrrole nitrogens is 1. The molecule has 4 rings (SSSR count). The minimum absolute atomic E-state index is 0.208. The van der Waals surface area contributed by atoms with Crippen molar-refractivity contribution in [3.8, 4) is 0 Å². The average molecular weight is 359 g/mol. The number of nitrogens with zero attached hydrogens (tertiary/aromatic N) is 2. The van der Waals surface area contributed by atoms with Crippen molar-refractivity contribution in [3.05, 3.63) is 64.5 Å². The summed E-state index contributed by atoms with van der Waals surface area (Å²) in [5.74, 6) is 0.208. The summed E-state index contributed by atoms with van der Waals surface area (Å²) in [5, 5.41) is 1.13. The second kappa shape index (κ2) is 7.47. The van der Waals surface area contributed by atoms with Crippen LogP contribution in [0.25, 0.3) is 11.0 Å². The zero-order valence-electron chi connectivity index (χ0n) is 16.0. The number of rotatable bonds is 6. The highest BCUT2D eigenvalue weighted by Crippen LogP contribution is 2.23. The van der Waals surface area contributed by atoms with Gasteiger partial charge in [0.05, 0.1) is 6.04 Å². The molecule has 0 bridgehead atoms. The molecule has 3 heterocycles. The van der Waals surface area contributed by atoms with Gasteiger partial charge >= 0.3 is 0 Å². The maximum absolute atomic E-state index is 12.8. The van der Waals surface area contributed by atoms with E-state index in [1.54, 1.807) is 0 Å². The second-order valence-corrected chi connectivity index (χ2v) is 7.43. The summed E-state index contributed by atoms with van der Waals surface area (Å²) in [5.41, 5.74) is 6.31. The summed E-state index contributed by atoms with van der Waals surface area (Å²) in [6.07, 6.45) is 8.02. The minimum atomic E-state index is 0.208. The van der Waals surface area contributed by atoms with Crippen molar-refractivity contribution in [1.82, 2.24) is 9.97 Å². The number of aromatic amines is 1. The molecule has 4 heteroatoms. The number of hydrogen-bond donors (Lipinski definition) is 1. The van der Waals surface area contributed by atoms with E-state index in [2.05, 4.69) is 40.1 Å². The summed E-state index contributed by atoms with van der Waals surface area (Å²) in [4.78, 5) is 25.1. The van der Waals surface area contributed by atoms with Crippen LogP contribution in [0.4, 0.5) is 0 Å². The largest absolute Gasteiger partial charge is 0.344 e. The number of benzene rings is 1. The predicted octanol–water partition coefficient (Wildman–Crippen LogP) is 4.83. The fourth-order valence-corrected chi connectivity index (χ4v) is 3.85. The zero-order valence-corrected chi connectivity index (χ0v) is 16.0. The van der Waals surface area contributed by atoms with Crippen molar-refractivity contribution in [2.45, 2.75) is 52.0 Å². The molecule has 0 saturated heterocycles. The first-order valence-electron chi connectivity index (χ1n) is 9.76. The molecule has 0 amide bonds. The van der Waals surface area contributed by atoms with Crippen molar-refractivity contribution >= 4 is 23.0 Å². The van der Waals surface area contributed by atoms with Gasteiger partial charge in [-0.1, -0.05) is 25.1 Å². The van der Waals surface area contributed by atoms with Crippen molar-refractivity contribution in [2.75, 3.05) is 0 Å². The van der Waals surface area contributed by atoms with Gasteiger partial charge in [-0.05, 0) is 55.9 Å². The van der Waals surface area contributed by atoms with Crippen molar-refractivity contribution in [3.63, 3.8) is 0 Å². The molecule has 1 aliphatic rings. The van der Waals surface area contributed by atoms with Gasteiger partial charge in [-0.3, -0.25) is 9.79 Å². The molecule has 0 radical (unpaired) electrons. The van der Waals surface area contributed by atoms with Gasteiger partial charge in [-0.25, -0.2) is 4.98 Å². The predicted molar refractivity (Wildman–Crippen MR) is 110 cm³/mol. The zero-order chi connectivity index (χ0) is 18.8. The molecular weight excluding hydrogens is 334 g/mol. The van der Waals surface area contributed by atoms with Crippen LogP contribution in [0.2, 0.25) is 0 Å². The van der Waals surface area contributed by atoms with E-state index in [0.29, 0.717) is 12.5 Å². The standard InChI is InChI=1S/C23H25N3O/c1-3-19-12-17-7-5-8-20(21(17)14-24-19)22(27)9-4-6-16-11-18-10-15(2)26-23(18)25-13-16/h5,7-8,10-11,13-14,19H,3-4,6,9,12H2,1-2H3,(H,25,26). The Hall–Kier alpha value is -2.75. The lowest BCUT2D eigenvalue weighted by Crippen LogP contribution is -2.17. The Labute approximate surface area is 159 Å². The number of hydrogen-bond acceptors (Lipinski definition) is 3. The number of aromatic nitrogens is 2. The van der Waals surface area contributed by atoms with Crippen LogP contribution in [0, 0.1) is 6.92 Å². The minimum Gasteiger partial charge on any atom is -0.344 e. The van der Waals surface area contributed by atoms with E-state index in [1.165, 1.54) is 11.1 Å². The van der Waals surface area contributed by atoms with E-state index in [1.807, 2.05) is 31.5 Å². The highest BCUT2D eigenvalue weighted by Gasteiger charge is 2.19. The first-order chi connectivity index (χ1) is 13.1. The van der Waals surface area contributed by atoms with E-state index < -0.39 is 0 Å². The summed E-state index contributed by atoms with van der Waals surface area (Å²) < 4.78 is 0. The number of nitrogens with one attached hydrogen (secondary N) is 1. The van der Waals surface area contributed by atoms with Gasteiger partial charge in [-0.2, -0.15) is 0 Å². The van der Waals surface area contributed by atoms with Crippen LogP contribution in [0.1, 0.15) is 58.9 Å². The first-order valence-corrected chi connectivity index (χ1v) is 9.76. The fourth-order valence-electron chi connectivity index (χ4n) is 3.85. The molecule has 4 nitrogen and oxygen atoms in total. The Morgan fingerprint density at radius 3 is 3.04 bits per heavy atom. The van der Waals surface area contributed by atoms with E-state index in [9.17, 15) is 4.79 Å². The summed E-state index contributed by atoms with van der Waals surface area (Å²) in [6.45, 7) is 4.19. The Kier molecular flexibility index (Phi) is 4.88. The Bertz CT molecular complexity index is 1020. The van der Waals surface area contributed by atoms with E-state index in [-0.39, 0.29) is 5.78 Å². The van der Waals surface area contributed by atoms with E-state index >= 15 is 0 Å². The Balaban J connectivity index is 1.42. The molecule has 138 valence electrons. The molecule has 1 N–H and O–H groups in total. The number of pyridine rings is 1. The van der Waals surface area contributed by atoms with Gasteiger partial charge in [0.25, 0.3) is 0 Å². The molecule has 1 aromatic carbocycles. The van der Waals surface area contributed by atoms with Crippen LogP contribution >= 0.6 is 0 Å². The molecule has 0 saturated carbocycles.